The molecule has 1 aromatic rings. The van der Waals surface area contributed by atoms with Crippen LogP contribution in [0.1, 0.15) is 12.5 Å². The Kier molecular flexibility index (Phi) is 2.44. The third kappa shape index (κ3) is 1.57. The van der Waals surface area contributed by atoms with Crippen molar-refractivity contribution in [2.75, 3.05) is 0 Å². The Balaban J connectivity index is 3.03. The standard InChI is InChI=1S/C9H11B/c1-3-10-9-7-5-4-6-8(9)2/h3-7H,1-2H3. The van der Waals surface area contributed by atoms with Gasteiger partial charge in [0.25, 0.3) is 0 Å². The summed E-state index contributed by atoms with van der Waals surface area (Å²) >= 11 is 0. The van der Waals surface area contributed by atoms with E-state index in [9.17, 15) is 0 Å². The van der Waals surface area contributed by atoms with Crippen LogP contribution in [0.5, 0.6) is 0 Å². The Morgan fingerprint density at radius 3 is 2.60 bits per heavy atom. The zero-order chi connectivity index (χ0) is 7.40. The van der Waals surface area contributed by atoms with Gasteiger partial charge in [-0.05, 0) is 0 Å². The molecule has 0 saturated heterocycles. The number of hydrogen-bond donors (Lipinski definition) is 0. The normalized spacial score (nSPS) is 9.80. The Bertz CT molecular complexity index is 238. The van der Waals surface area contributed by atoms with Gasteiger partial charge in [0.15, 0.2) is 0 Å². The molecule has 0 radical (unpaired) electrons. The van der Waals surface area contributed by atoms with E-state index in [4.69, 9.17) is 0 Å². The summed E-state index contributed by atoms with van der Waals surface area (Å²) in [5, 5.41) is 0. The van der Waals surface area contributed by atoms with Crippen molar-refractivity contribution in [3.63, 3.8) is 0 Å². The molecule has 0 amide bonds. The second-order valence-electron chi connectivity index (χ2n) is 2.36. The van der Waals surface area contributed by atoms with E-state index < -0.39 is 0 Å². The molecule has 0 saturated carbocycles. The van der Waals surface area contributed by atoms with E-state index in [1.165, 1.54) is 11.0 Å². The van der Waals surface area contributed by atoms with Gasteiger partial charge in [0.05, 0.1) is 0 Å². The number of rotatable bonds is 1. The number of aryl methyl sites for hydroxylation is 1. The van der Waals surface area contributed by atoms with E-state index in [-0.39, 0.29) is 0 Å². The molecule has 0 unspecified atom stereocenters. The minimum absolute atomic E-state index is 1.31. The van der Waals surface area contributed by atoms with Crippen LogP contribution >= 0.6 is 0 Å². The van der Waals surface area contributed by atoms with Crippen molar-refractivity contribution < 1.29 is 0 Å². The van der Waals surface area contributed by atoms with Gasteiger partial charge in [0.1, 0.15) is 0 Å². The first kappa shape index (κ1) is 7.26. The van der Waals surface area contributed by atoms with Crippen LogP contribution < -0.4 is 5.46 Å². The van der Waals surface area contributed by atoms with Gasteiger partial charge < -0.3 is 0 Å². The number of hydrogen-bond acceptors (Lipinski definition) is 0. The first-order chi connectivity index (χ1) is 4.84. The third-order valence-electron chi connectivity index (χ3n) is 1.53. The summed E-state index contributed by atoms with van der Waals surface area (Å²) < 4.78 is 0. The molecule has 0 atom stereocenters. The zero-order valence-electron chi connectivity index (χ0n) is 6.46. The van der Waals surface area contributed by atoms with Crippen LogP contribution in [-0.2, 0) is 0 Å². The molecule has 10 heavy (non-hydrogen) atoms. The molecule has 0 fully saturated rings. The molecule has 1 heteroatoms. The molecule has 0 aliphatic heterocycles. The van der Waals surface area contributed by atoms with E-state index in [2.05, 4.69) is 44.1 Å². The molecule has 50 valence electrons. The average molecular weight is 130 g/mol. The second-order valence-corrected chi connectivity index (χ2v) is 2.36. The van der Waals surface area contributed by atoms with E-state index in [0.29, 0.717) is 0 Å². The van der Waals surface area contributed by atoms with Crippen LogP contribution in [0.4, 0.5) is 0 Å². The first-order valence-corrected chi connectivity index (χ1v) is 3.53. The predicted molar refractivity (Wildman–Crippen MR) is 48.3 cm³/mol. The van der Waals surface area contributed by atoms with Crippen LogP contribution in [-0.4, -0.2) is 12.9 Å². The molecule has 0 bridgehead atoms. The monoisotopic (exact) mass is 130 g/mol. The summed E-state index contributed by atoms with van der Waals surface area (Å²) in [6, 6.07) is 8.36. The molecule has 1 rings (SSSR count). The molecule has 0 aromatic heterocycles. The molecule has 0 heterocycles. The predicted octanol–water partition coefficient (Wildman–Crippen LogP) is 1.15. The van der Waals surface area contributed by atoms with Crippen molar-refractivity contribution in [3.8, 4) is 0 Å². The van der Waals surface area contributed by atoms with Crippen LogP contribution in [0.25, 0.3) is 0 Å². The van der Waals surface area contributed by atoms with Gasteiger partial charge in [0.2, 0.25) is 0 Å². The quantitative estimate of drug-likeness (QED) is 0.500. The van der Waals surface area contributed by atoms with Crippen molar-refractivity contribution >= 4 is 18.4 Å². The van der Waals surface area contributed by atoms with Crippen molar-refractivity contribution in [2.24, 2.45) is 0 Å². The Morgan fingerprint density at radius 2 is 2.00 bits per heavy atom. The van der Waals surface area contributed by atoms with E-state index in [0.717, 1.165) is 0 Å². The molecule has 0 N–H and O–H groups in total. The van der Waals surface area contributed by atoms with Gasteiger partial charge >= 0.3 is 62.0 Å². The topological polar surface area (TPSA) is 0 Å². The SMILES string of the molecule is CC=Bc1ccccc1C. The fraction of sp³-hybridized carbons (Fsp3) is 0.222. The molecule has 0 spiro atoms. The summed E-state index contributed by atoms with van der Waals surface area (Å²) in [4.78, 5) is 0. The molecule has 0 nitrogen and oxygen atoms in total. The van der Waals surface area contributed by atoms with Crippen molar-refractivity contribution in [3.05, 3.63) is 29.8 Å². The Morgan fingerprint density at radius 1 is 1.30 bits per heavy atom. The van der Waals surface area contributed by atoms with Crippen molar-refractivity contribution in [2.45, 2.75) is 13.8 Å². The molecular weight excluding hydrogens is 119 g/mol. The fourth-order valence-electron chi connectivity index (χ4n) is 0.953. The fourth-order valence-corrected chi connectivity index (χ4v) is 0.953. The van der Waals surface area contributed by atoms with Gasteiger partial charge in [-0.1, -0.05) is 0 Å². The summed E-state index contributed by atoms with van der Waals surface area (Å²) in [5.41, 5.74) is 2.64. The first-order valence-electron chi connectivity index (χ1n) is 3.53. The summed E-state index contributed by atoms with van der Waals surface area (Å²) in [6.07, 6.45) is 0. The van der Waals surface area contributed by atoms with E-state index in [1.807, 2.05) is 6.92 Å². The van der Waals surface area contributed by atoms with Crippen LogP contribution in [0.3, 0.4) is 0 Å². The van der Waals surface area contributed by atoms with Gasteiger partial charge in [-0.25, -0.2) is 0 Å². The summed E-state index contributed by atoms with van der Waals surface area (Å²) in [6.45, 7) is 6.27. The third-order valence-corrected chi connectivity index (χ3v) is 1.53. The molecule has 0 aliphatic rings. The maximum absolute atomic E-state index is 2.12. The van der Waals surface area contributed by atoms with Gasteiger partial charge in [-0.3, -0.25) is 0 Å². The molecule has 0 aliphatic carbocycles. The summed E-state index contributed by atoms with van der Waals surface area (Å²) in [7, 11) is 0. The molecule has 1 aromatic carbocycles. The minimum atomic E-state index is 1.31. The van der Waals surface area contributed by atoms with Crippen molar-refractivity contribution in [1.29, 1.82) is 0 Å². The average Bonchev–Trinajstić information content (AvgIpc) is 1.94. The van der Waals surface area contributed by atoms with Crippen molar-refractivity contribution in [1.82, 2.24) is 0 Å². The van der Waals surface area contributed by atoms with Crippen LogP contribution in [0.15, 0.2) is 24.3 Å². The maximum atomic E-state index is 2.12. The van der Waals surface area contributed by atoms with E-state index >= 15 is 0 Å². The summed E-state index contributed by atoms with van der Waals surface area (Å²) in [5.74, 6) is 2.06. The number of benzene rings is 1. The van der Waals surface area contributed by atoms with E-state index in [1.54, 1.807) is 0 Å². The van der Waals surface area contributed by atoms with Gasteiger partial charge in [0, 0.05) is 0 Å². The zero-order valence-corrected chi connectivity index (χ0v) is 6.46. The van der Waals surface area contributed by atoms with Crippen LogP contribution in [0, 0.1) is 6.92 Å². The molecular formula is C9H11B. The van der Waals surface area contributed by atoms with Gasteiger partial charge in [-0.2, -0.15) is 0 Å². The Labute approximate surface area is 62.8 Å². The Hall–Kier alpha value is -0.845. The second kappa shape index (κ2) is 3.36. The van der Waals surface area contributed by atoms with Gasteiger partial charge in [-0.15, -0.1) is 0 Å². The van der Waals surface area contributed by atoms with Crippen LogP contribution in [0.2, 0.25) is 0 Å².